The summed E-state index contributed by atoms with van der Waals surface area (Å²) in [6.45, 7) is 4.66. The normalized spacial score (nSPS) is 17.4. The summed E-state index contributed by atoms with van der Waals surface area (Å²) in [6.07, 6.45) is 5.58. The highest BCUT2D eigenvalue weighted by Crippen LogP contribution is 2.42. The molecule has 7 nitrogen and oxygen atoms in total. The minimum Gasteiger partial charge on any atom is -0.497 e. The SMILES string of the molecule is COc1ccc(CCNC(=O)C(C)Sc2nnc(N3CCCC3)n2C2CC2)cc1. The van der Waals surface area contributed by atoms with Crippen molar-refractivity contribution < 1.29 is 9.53 Å². The molecule has 29 heavy (non-hydrogen) atoms. The molecule has 1 aliphatic carbocycles. The average molecular weight is 416 g/mol. The van der Waals surface area contributed by atoms with Crippen molar-refractivity contribution in [3.05, 3.63) is 29.8 Å². The lowest BCUT2D eigenvalue weighted by atomic mass is 10.1. The summed E-state index contributed by atoms with van der Waals surface area (Å²) in [5, 5.41) is 12.6. The quantitative estimate of drug-likeness (QED) is 0.635. The van der Waals surface area contributed by atoms with Crippen molar-refractivity contribution in [3.63, 3.8) is 0 Å². The molecule has 1 saturated carbocycles. The molecule has 156 valence electrons. The van der Waals surface area contributed by atoms with Crippen LogP contribution in [0.5, 0.6) is 5.75 Å². The first kappa shape index (κ1) is 20.1. The van der Waals surface area contributed by atoms with E-state index in [1.54, 1.807) is 7.11 Å². The van der Waals surface area contributed by atoms with Crippen molar-refractivity contribution in [2.45, 2.75) is 55.5 Å². The molecule has 1 saturated heterocycles. The van der Waals surface area contributed by atoms with Gasteiger partial charge in [-0.3, -0.25) is 9.36 Å². The third-order valence-corrected chi connectivity index (χ3v) is 6.53. The molecule has 8 heteroatoms. The molecule has 2 aliphatic rings. The van der Waals surface area contributed by atoms with E-state index in [2.05, 4.69) is 25.0 Å². The monoisotopic (exact) mass is 415 g/mol. The smallest absolute Gasteiger partial charge is 0.233 e. The first-order chi connectivity index (χ1) is 14.2. The van der Waals surface area contributed by atoms with Gasteiger partial charge in [0.1, 0.15) is 5.75 Å². The van der Waals surface area contributed by atoms with E-state index in [9.17, 15) is 4.79 Å². The highest BCUT2D eigenvalue weighted by Gasteiger charge is 2.33. The largest absolute Gasteiger partial charge is 0.497 e. The van der Waals surface area contributed by atoms with Crippen LogP contribution in [0.25, 0.3) is 0 Å². The minimum absolute atomic E-state index is 0.0385. The number of nitrogens with one attached hydrogen (secondary N) is 1. The maximum absolute atomic E-state index is 12.6. The number of hydrogen-bond acceptors (Lipinski definition) is 6. The lowest BCUT2D eigenvalue weighted by molar-refractivity contribution is -0.120. The number of nitrogens with zero attached hydrogens (tertiary/aromatic N) is 4. The van der Waals surface area contributed by atoms with Crippen molar-refractivity contribution in [2.75, 3.05) is 31.6 Å². The Labute approximate surface area is 176 Å². The van der Waals surface area contributed by atoms with Gasteiger partial charge in [0, 0.05) is 25.7 Å². The van der Waals surface area contributed by atoms with Gasteiger partial charge in [0.2, 0.25) is 11.9 Å². The molecule has 1 aromatic heterocycles. The van der Waals surface area contributed by atoms with Crippen molar-refractivity contribution >= 4 is 23.6 Å². The number of thioether (sulfide) groups is 1. The third-order valence-electron chi connectivity index (χ3n) is 5.47. The van der Waals surface area contributed by atoms with Gasteiger partial charge in [-0.25, -0.2) is 0 Å². The topological polar surface area (TPSA) is 72.3 Å². The van der Waals surface area contributed by atoms with Gasteiger partial charge < -0.3 is 15.0 Å². The van der Waals surface area contributed by atoms with Crippen LogP contribution in [0.15, 0.2) is 29.4 Å². The predicted octanol–water partition coefficient (Wildman–Crippen LogP) is 3.06. The Kier molecular flexibility index (Phi) is 6.28. The van der Waals surface area contributed by atoms with Gasteiger partial charge in [-0.2, -0.15) is 0 Å². The number of hydrogen-bond donors (Lipinski definition) is 1. The Morgan fingerprint density at radius 3 is 2.62 bits per heavy atom. The van der Waals surface area contributed by atoms with Crippen LogP contribution in [0, 0.1) is 0 Å². The highest BCUT2D eigenvalue weighted by atomic mass is 32.2. The molecule has 1 aliphatic heterocycles. The minimum atomic E-state index is -0.209. The summed E-state index contributed by atoms with van der Waals surface area (Å²) in [5.74, 6) is 1.87. The maximum atomic E-state index is 12.6. The fraction of sp³-hybridized carbons (Fsp3) is 0.571. The fourth-order valence-electron chi connectivity index (χ4n) is 3.61. The van der Waals surface area contributed by atoms with Gasteiger partial charge in [0.25, 0.3) is 0 Å². The number of aromatic nitrogens is 3. The Morgan fingerprint density at radius 2 is 1.97 bits per heavy atom. The second kappa shape index (κ2) is 9.07. The molecular formula is C21H29N5O2S. The van der Waals surface area contributed by atoms with Gasteiger partial charge in [0.15, 0.2) is 5.16 Å². The number of ether oxygens (including phenoxy) is 1. The fourth-order valence-corrected chi connectivity index (χ4v) is 4.55. The van der Waals surface area contributed by atoms with Crippen molar-refractivity contribution in [2.24, 2.45) is 0 Å². The average Bonchev–Trinajstić information content (AvgIpc) is 3.25. The van der Waals surface area contributed by atoms with Crippen LogP contribution in [-0.4, -0.2) is 52.7 Å². The van der Waals surface area contributed by atoms with E-state index < -0.39 is 0 Å². The molecule has 1 amide bonds. The van der Waals surface area contributed by atoms with Gasteiger partial charge in [-0.15, -0.1) is 10.2 Å². The van der Waals surface area contributed by atoms with Gasteiger partial charge >= 0.3 is 0 Å². The van der Waals surface area contributed by atoms with Crippen LogP contribution in [0.1, 0.15) is 44.2 Å². The van der Waals surface area contributed by atoms with Crippen LogP contribution < -0.4 is 15.0 Å². The summed E-state index contributed by atoms with van der Waals surface area (Å²) in [7, 11) is 1.66. The first-order valence-electron chi connectivity index (χ1n) is 10.4. The molecule has 4 rings (SSSR count). The first-order valence-corrected chi connectivity index (χ1v) is 11.3. The van der Waals surface area contributed by atoms with Crippen molar-refractivity contribution in [1.29, 1.82) is 0 Å². The summed E-state index contributed by atoms with van der Waals surface area (Å²) >= 11 is 1.51. The van der Waals surface area contributed by atoms with E-state index in [1.807, 2.05) is 31.2 Å². The summed E-state index contributed by atoms with van der Waals surface area (Å²) in [5.41, 5.74) is 1.18. The van der Waals surface area contributed by atoms with Crippen LogP contribution >= 0.6 is 11.8 Å². The lowest BCUT2D eigenvalue weighted by Crippen LogP contribution is -2.32. The molecule has 2 aromatic rings. The van der Waals surface area contributed by atoms with Gasteiger partial charge in [-0.05, 0) is 56.7 Å². The number of rotatable bonds is 9. The third kappa shape index (κ3) is 4.86. The van der Waals surface area contributed by atoms with Gasteiger partial charge in [0.05, 0.1) is 12.4 Å². The van der Waals surface area contributed by atoms with Crippen LogP contribution in [0.3, 0.4) is 0 Å². The second-order valence-corrected chi connectivity index (χ2v) is 9.04. The number of benzene rings is 1. The molecule has 1 atom stereocenters. The Hall–Kier alpha value is -2.22. The van der Waals surface area contributed by atoms with Gasteiger partial charge in [-0.1, -0.05) is 23.9 Å². The predicted molar refractivity (Wildman–Crippen MR) is 115 cm³/mol. The molecule has 2 fully saturated rings. The number of amides is 1. The van der Waals surface area contributed by atoms with Crippen molar-refractivity contribution in [3.8, 4) is 5.75 Å². The number of anilines is 1. The second-order valence-electron chi connectivity index (χ2n) is 7.73. The number of carbonyl (C=O) groups excluding carboxylic acids is 1. The summed E-state index contributed by atoms with van der Waals surface area (Å²) < 4.78 is 7.44. The zero-order valence-electron chi connectivity index (χ0n) is 17.1. The number of methoxy groups -OCH3 is 1. The van der Waals surface area contributed by atoms with E-state index in [1.165, 1.54) is 43.0 Å². The van der Waals surface area contributed by atoms with Crippen LogP contribution in [0.4, 0.5) is 5.95 Å². The Balaban J connectivity index is 1.31. The molecule has 0 spiro atoms. The summed E-state index contributed by atoms with van der Waals surface area (Å²) in [4.78, 5) is 14.9. The highest BCUT2D eigenvalue weighted by molar-refractivity contribution is 8.00. The van der Waals surface area contributed by atoms with E-state index in [0.29, 0.717) is 12.6 Å². The summed E-state index contributed by atoms with van der Waals surface area (Å²) in [6, 6.07) is 8.44. The van der Waals surface area contributed by atoms with Crippen molar-refractivity contribution in [1.82, 2.24) is 20.1 Å². The molecule has 1 N–H and O–H groups in total. The molecular weight excluding hydrogens is 386 g/mol. The van der Waals surface area contributed by atoms with E-state index in [-0.39, 0.29) is 11.2 Å². The molecule has 1 unspecified atom stereocenters. The molecule has 2 heterocycles. The zero-order valence-corrected chi connectivity index (χ0v) is 18.0. The Bertz CT molecular complexity index is 828. The molecule has 1 aromatic carbocycles. The molecule has 0 bridgehead atoms. The standard InChI is InChI=1S/C21H29N5O2S/c1-15(19(27)22-12-11-16-5-9-18(28-2)10-6-16)29-21-24-23-20(25-13-3-4-14-25)26(21)17-7-8-17/h5-6,9-10,15,17H,3-4,7-8,11-14H2,1-2H3,(H,22,27). The Morgan fingerprint density at radius 1 is 1.24 bits per heavy atom. The van der Waals surface area contributed by atoms with E-state index in [4.69, 9.17) is 4.74 Å². The van der Waals surface area contributed by atoms with Crippen LogP contribution in [-0.2, 0) is 11.2 Å². The molecule has 0 radical (unpaired) electrons. The maximum Gasteiger partial charge on any atom is 0.233 e. The van der Waals surface area contributed by atoms with E-state index >= 15 is 0 Å². The van der Waals surface area contributed by atoms with Crippen LogP contribution in [0.2, 0.25) is 0 Å². The zero-order chi connectivity index (χ0) is 20.2. The lowest BCUT2D eigenvalue weighted by Gasteiger charge is -2.18. The van der Waals surface area contributed by atoms with E-state index in [0.717, 1.165) is 36.4 Å². The number of carbonyl (C=O) groups is 1.